The minimum atomic E-state index is 0.598. The maximum Gasteiger partial charge on any atom is 0.0825 e. The summed E-state index contributed by atoms with van der Waals surface area (Å²) in [4.78, 5) is 2.18. The molecule has 0 fully saturated rings. The van der Waals surface area contributed by atoms with Crippen molar-refractivity contribution in [1.29, 1.82) is 0 Å². The van der Waals surface area contributed by atoms with Crippen LogP contribution in [0.3, 0.4) is 0 Å². The van der Waals surface area contributed by atoms with Crippen molar-refractivity contribution in [2.45, 2.75) is 13.3 Å². The van der Waals surface area contributed by atoms with Crippen LogP contribution in [0, 0.1) is 0 Å². The molecule has 0 atom stereocenters. The third-order valence-corrected chi connectivity index (χ3v) is 3.09. The van der Waals surface area contributed by atoms with Gasteiger partial charge in [-0.2, -0.15) is 0 Å². The smallest absolute Gasteiger partial charge is 0.0825 e. The van der Waals surface area contributed by atoms with Gasteiger partial charge in [-0.3, -0.25) is 0 Å². The lowest BCUT2D eigenvalue weighted by atomic mass is 10.2. The minimum absolute atomic E-state index is 0.598. The van der Waals surface area contributed by atoms with Gasteiger partial charge >= 0.3 is 0 Å². The molecule has 0 amide bonds. The minimum Gasteiger partial charge on any atom is -0.371 e. The molecule has 4 heteroatoms. The molecule has 1 aromatic carbocycles. The Hall–Kier alpha value is -0.440. The van der Waals surface area contributed by atoms with Gasteiger partial charge in [-0.25, -0.2) is 0 Å². The Balaban J connectivity index is 2.86. The van der Waals surface area contributed by atoms with Crippen LogP contribution in [-0.2, 0) is 0 Å². The topological polar surface area (TPSA) is 29.3 Å². The fourth-order valence-electron chi connectivity index (χ4n) is 1.47. The largest absolute Gasteiger partial charge is 0.371 e. The van der Waals surface area contributed by atoms with Crippen LogP contribution in [0.15, 0.2) is 18.2 Å². The van der Waals surface area contributed by atoms with Gasteiger partial charge in [-0.05, 0) is 32.0 Å². The van der Waals surface area contributed by atoms with Crippen LogP contribution in [0.1, 0.15) is 13.3 Å². The molecule has 1 aromatic rings. The van der Waals surface area contributed by atoms with Crippen molar-refractivity contribution in [3.63, 3.8) is 0 Å². The number of hydrogen-bond acceptors (Lipinski definition) is 2. The third-order valence-electron chi connectivity index (χ3n) is 2.29. The summed E-state index contributed by atoms with van der Waals surface area (Å²) in [6, 6.07) is 5.69. The first kappa shape index (κ1) is 12.6. The highest BCUT2D eigenvalue weighted by molar-refractivity contribution is 6.43. The molecule has 0 saturated heterocycles. The number of nitrogens with zero attached hydrogens (tertiary/aromatic N) is 1. The second-order valence-electron chi connectivity index (χ2n) is 3.29. The first-order valence-electron chi connectivity index (χ1n) is 5.09. The Morgan fingerprint density at radius 2 is 2.07 bits per heavy atom. The molecule has 0 saturated carbocycles. The van der Waals surface area contributed by atoms with Gasteiger partial charge in [-0.1, -0.05) is 29.3 Å². The predicted molar refractivity (Wildman–Crippen MR) is 68.0 cm³/mol. The Morgan fingerprint density at radius 3 is 2.67 bits per heavy atom. The summed E-state index contributed by atoms with van der Waals surface area (Å²) in [7, 11) is 0. The van der Waals surface area contributed by atoms with Crippen molar-refractivity contribution in [1.82, 2.24) is 0 Å². The summed E-state index contributed by atoms with van der Waals surface area (Å²) in [6.07, 6.45) is 0.955. The van der Waals surface area contributed by atoms with E-state index in [1.54, 1.807) is 6.07 Å². The Labute approximate surface area is 101 Å². The lowest BCUT2D eigenvalue weighted by Crippen LogP contribution is -2.25. The van der Waals surface area contributed by atoms with E-state index in [9.17, 15) is 0 Å². The molecule has 15 heavy (non-hydrogen) atoms. The van der Waals surface area contributed by atoms with Gasteiger partial charge in [0, 0.05) is 13.1 Å². The highest BCUT2D eigenvalue weighted by atomic mass is 35.5. The van der Waals surface area contributed by atoms with Gasteiger partial charge in [-0.15, -0.1) is 0 Å². The Morgan fingerprint density at radius 1 is 1.33 bits per heavy atom. The van der Waals surface area contributed by atoms with Crippen LogP contribution in [0.4, 0.5) is 5.69 Å². The summed E-state index contributed by atoms with van der Waals surface area (Å²) in [5, 5.41) is 1.22. The highest BCUT2D eigenvalue weighted by Gasteiger charge is 2.10. The fourth-order valence-corrected chi connectivity index (χ4v) is 1.88. The molecule has 0 spiro atoms. The highest BCUT2D eigenvalue weighted by Crippen LogP contribution is 2.32. The van der Waals surface area contributed by atoms with E-state index in [-0.39, 0.29) is 0 Å². The average Bonchev–Trinajstić information content (AvgIpc) is 2.25. The van der Waals surface area contributed by atoms with Crippen molar-refractivity contribution in [2.75, 3.05) is 24.5 Å². The number of rotatable bonds is 5. The summed E-state index contributed by atoms with van der Waals surface area (Å²) in [5.74, 6) is 0. The van der Waals surface area contributed by atoms with Crippen LogP contribution >= 0.6 is 23.2 Å². The summed E-state index contributed by atoms with van der Waals surface area (Å²) in [6.45, 7) is 4.59. The molecule has 0 aromatic heterocycles. The fraction of sp³-hybridized carbons (Fsp3) is 0.455. The zero-order valence-corrected chi connectivity index (χ0v) is 10.4. The second kappa shape index (κ2) is 6.21. The van der Waals surface area contributed by atoms with Crippen molar-refractivity contribution in [3.8, 4) is 0 Å². The first-order chi connectivity index (χ1) is 7.20. The van der Waals surface area contributed by atoms with Gasteiger partial charge in [0.2, 0.25) is 0 Å². The molecule has 0 aliphatic heterocycles. The summed E-state index contributed by atoms with van der Waals surface area (Å²) >= 11 is 12.1. The van der Waals surface area contributed by atoms with Gasteiger partial charge in [0.1, 0.15) is 0 Å². The molecular weight excluding hydrogens is 231 g/mol. The monoisotopic (exact) mass is 246 g/mol. The molecule has 2 N–H and O–H groups in total. The molecule has 2 nitrogen and oxygen atoms in total. The number of halogens is 2. The zero-order valence-electron chi connectivity index (χ0n) is 8.84. The first-order valence-corrected chi connectivity index (χ1v) is 5.85. The predicted octanol–water partition coefficient (Wildman–Crippen LogP) is 3.17. The van der Waals surface area contributed by atoms with Crippen LogP contribution in [0.5, 0.6) is 0 Å². The van der Waals surface area contributed by atoms with E-state index in [0.29, 0.717) is 16.6 Å². The van der Waals surface area contributed by atoms with Gasteiger partial charge < -0.3 is 10.6 Å². The molecule has 84 valence electrons. The van der Waals surface area contributed by atoms with E-state index in [1.165, 1.54) is 0 Å². The van der Waals surface area contributed by atoms with Crippen molar-refractivity contribution < 1.29 is 0 Å². The Kier molecular flexibility index (Phi) is 5.23. The molecule has 0 aliphatic rings. The third kappa shape index (κ3) is 3.26. The van der Waals surface area contributed by atoms with E-state index in [2.05, 4.69) is 11.8 Å². The SMILES string of the molecule is CCN(CCCN)c1cccc(Cl)c1Cl. The molecule has 0 heterocycles. The van der Waals surface area contributed by atoms with Gasteiger partial charge in [0.05, 0.1) is 15.7 Å². The molecule has 1 rings (SSSR count). The maximum absolute atomic E-state index is 6.14. The average molecular weight is 247 g/mol. The van der Waals surface area contributed by atoms with E-state index in [1.807, 2.05) is 12.1 Å². The van der Waals surface area contributed by atoms with Crippen LogP contribution < -0.4 is 10.6 Å². The maximum atomic E-state index is 6.14. The van der Waals surface area contributed by atoms with E-state index < -0.39 is 0 Å². The van der Waals surface area contributed by atoms with E-state index >= 15 is 0 Å². The van der Waals surface area contributed by atoms with Crippen molar-refractivity contribution in [2.24, 2.45) is 5.73 Å². The summed E-state index contributed by atoms with van der Waals surface area (Å²) < 4.78 is 0. The van der Waals surface area contributed by atoms with Gasteiger partial charge in [0.15, 0.2) is 0 Å². The number of benzene rings is 1. The van der Waals surface area contributed by atoms with Crippen LogP contribution in [0.2, 0.25) is 10.0 Å². The number of nitrogens with two attached hydrogens (primary N) is 1. The van der Waals surface area contributed by atoms with Crippen molar-refractivity contribution >= 4 is 28.9 Å². The number of anilines is 1. The van der Waals surface area contributed by atoms with Crippen LogP contribution in [-0.4, -0.2) is 19.6 Å². The second-order valence-corrected chi connectivity index (χ2v) is 4.08. The lowest BCUT2D eigenvalue weighted by molar-refractivity contribution is 0.754. The standard InChI is InChI=1S/C11H16Cl2N2/c1-2-15(8-4-7-14)10-6-3-5-9(12)11(10)13/h3,5-6H,2,4,7-8,14H2,1H3. The Bertz CT molecular complexity index is 315. The number of hydrogen-bond donors (Lipinski definition) is 1. The van der Waals surface area contributed by atoms with E-state index in [0.717, 1.165) is 25.2 Å². The zero-order chi connectivity index (χ0) is 11.3. The summed E-state index contributed by atoms with van der Waals surface area (Å²) in [5.41, 5.74) is 6.48. The van der Waals surface area contributed by atoms with E-state index in [4.69, 9.17) is 28.9 Å². The molecular formula is C11H16Cl2N2. The van der Waals surface area contributed by atoms with Crippen molar-refractivity contribution in [3.05, 3.63) is 28.2 Å². The lowest BCUT2D eigenvalue weighted by Gasteiger charge is -2.24. The quantitative estimate of drug-likeness (QED) is 0.865. The van der Waals surface area contributed by atoms with Crippen LogP contribution in [0.25, 0.3) is 0 Å². The van der Waals surface area contributed by atoms with Gasteiger partial charge in [0.25, 0.3) is 0 Å². The molecule has 0 bridgehead atoms. The normalized spacial score (nSPS) is 10.4. The molecule has 0 radical (unpaired) electrons. The molecule has 0 unspecified atom stereocenters. The molecule has 0 aliphatic carbocycles.